The van der Waals surface area contributed by atoms with Crippen molar-refractivity contribution in [2.75, 3.05) is 0 Å². The number of hydrogen-bond acceptors (Lipinski definition) is 5. The van der Waals surface area contributed by atoms with Gasteiger partial charge in [-0.3, -0.25) is 4.79 Å². The van der Waals surface area contributed by atoms with Gasteiger partial charge in [0.05, 0.1) is 6.21 Å². The average Bonchev–Trinajstić information content (AvgIpc) is 3.00. The van der Waals surface area contributed by atoms with Crippen molar-refractivity contribution in [1.29, 1.82) is 0 Å². The molecule has 3 rings (SSSR count). The Labute approximate surface area is 166 Å². The Morgan fingerprint density at radius 2 is 1.76 bits per heavy atom. The molecular weight excluding hydrogens is 329 g/mol. The molecule has 25 heavy (non-hydrogen) atoms. The second kappa shape index (κ2) is 9.12. The molecule has 0 radical (unpaired) electrons. The summed E-state index contributed by atoms with van der Waals surface area (Å²) in [6.45, 7) is 0.305. The predicted octanol–water partition coefficient (Wildman–Crippen LogP) is -1.83. The minimum atomic E-state index is -0.659. The van der Waals surface area contributed by atoms with Crippen molar-refractivity contribution >= 4 is 12.1 Å². The van der Waals surface area contributed by atoms with Crippen LogP contribution in [0.3, 0.4) is 0 Å². The first-order chi connectivity index (χ1) is 11.7. The van der Waals surface area contributed by atoms with Crippen LogP contribution >= 0.6 is 0 Å². The second-order valence-electron chi connectivity index (χ2n) is 4.96. The van der Waals surface area contributed by atoms with Crippen LogP contribution in [-0.2, 0) is 6.54 Å². The first kappa shape index (κ1) is 18.9. The topological polar surface area (TPSA) is 95.2 Å². The van der Waals surface area contributed by atoms with E-state index in [1.807, 2.05) is 60.7 Å². The maximum absolute atomic E-state index is 12.1. The summed E-state index contributed by atoms with van der Waals surface area (Å²) in [6, 6.07) is 18.6. The predicted molar refractivity (Wildman–Crippen MR) is 86.5 cm³/mol. The molecule has 120 valence electrons. The minimum Gasteiger partial charge on any atom is -0.856 e. The van der Waals surface area contributed by atoms with Gasteiger partial charge in [0.2, 0.25) is 0 Å². The normalized spacial score (nSPS) is 10.4. The van der Waals surface area contributed by atoms with E-state index in [4.69, 9.17) is 0 Å². The summed E-state index contributed by atoms with van der Waals surface area (Å²) in [5.41, 5.74) is 1.45. The largest absolute Gasteiger partial charge is 1.00 e. The van der Waals surface area contributed by atoms with Crippen LogP contribution in [0.2, 0.25) is 0 Å². The van der Waals surface area contributed by atoms with Gasteiger partial charge in [-0.25, -0.2) is 0 Å². The Balaban J connectivity index is 0.00000225. The molecule has 0 saturated carbocycles. The molecule has 0 fully saturated rings. The van der Waals surface area contributed by atoms with E-state index in [0.29, 0.717) is 6.54 Å². The summed E-state index contributed by atoms with van der Waals surface area (Å²) in [7, 11) is 0. The second-order valence-corrected chi connectivity index (χ2v) is 4.96. The summed E-state index contributed by atoms with van der Waals surface area (Å²) in [5, 5.41) is 25.9. The first-order valence-electron chi connectivity index (χ1n) is 7.28. The van der Waals surface area contributed by atoms with E-state index in [1.54, 1.807) is 0 Å². The van der Waals surface area contributed by atoms with Crippen LogP contribution in [0, 0.1) is 0 Å². The number of nitrogens with zero attached hydrogens (tertiary/aromatic N) is 4. The minimum absolute atomic E-state index is 0. The molecular formula is C17H14N5NaO2. The molecule has 0 aliphatic heterocycles. The van der Waals surface area contributed by atoms with Crippen LogP contribution in [0.4, 0.5) is 0 Å². The quantitative estimate of drug-likeness (QED) is 0.435. The Morgan fingerprint density at radius 3 is 2.44 bits per heavy atom. The van der Waals surface area contributed by atoms with Crippen molar-refractivity contribution in [2.24, 2.45) is 5.10 Å². The van der Waals surface area contributed by atoms with Crippen LogP contribution in [-0.4, -0.2) is 27.2 Å². The number of amides is 1. The maximum atomic E-state index is 12.1. The molecule has 7 nitrogen and oxygen atoms in total. The fourth-order valence-corrected chi connectivity index (χ4v) is 2.01. The summed E-state index contributed by atoms with van der Waals surface area (Å²) >= 11 is 0. The third kappa shape index (κ3) is 4.99. The van der Waals surface area contributed by atoms with Crippen LogP contribution in [0.25, 0.3) is 0 Å². The Hall–Kier alpha value is -2.48. The molecule has 0 atom stereocenters. The smallest absolute Gasteiger partial charge is 0.856 e. The van der Waals surface area contributed by atoms with Gasteiger partial charge in [0.15, 0.2) is 5.69 Å². The van der Waals surface area contributed by atoms with Gasteiger partial charge < -0.3 is 10.4 Å². The van der Waals surface area contributed by atoms with Gasteiger partial charge in [0, 0.05) is 12.4 Å². The van der Waals surface area contributed by atoms with Crippen molar-refractivity contribution in [1.82, 2.24) is 20.4 Å². The van der Waals surface area contributed by atoms with Crippen molar-refractivity contribution in [3.05, 3.63) is 77.5 Å². The SMILES string of the molecule is O=C(NCc1ccccc1)c1nnn(N=Cc2ccccc2)c1[O-].[Na+]. The molecule has 0 aliphatic rings. The number of carbonyl (C=O) groups is 1. The third-order valence-electron chi connectivity index (χ3n) is 3.24. The summed E-state index contributed by atoms with van der Waals surface area (Å²) in [4.78, 5) is 12.8. The molecule has 0 bridgehead atoms. The number of nitrogens with one attached hydrogen (secondary N) is 1. The van der Waals surface area contributed by atoms with Crippen LogP contribution in [0.5, 0.6) is 5.88 Å². The van der Waals surface area contributed by atoms with Gasteiger partial charge in [-0.2, -0.15) is 5.10 Å². The Kier molecular flexibility index (Phi) is 6.88. The van der Waals surface area contributed by atoms with Crippen molar-refractivity contribution < 1.29 is 39.5 Å². The molecule has 8 heteroatoms. The zero-order chi connectivity index (χ0) is 16.8. The van der Waals surface area contributed by atoms with Crippen LogP contribution in [0.15, 0.2) is 65.8 Å². The van der Waals surface area contributed by atoms with Gasteiger partial charge in [-0.05, 0) is 16.3 Å². The van der Waals surface area contributed by atoms with E-state index in [9.17, 15) is 9.90 Å². The third-order valence-corrected chi connectivity index (χ3v) is 3.24. The van der Waals surface area contributed by atoms with Crippen LogP contribution < -0.4 is 40.0 Å². The van der Waals surface area contributed by atoms with E-state index in [-0.39, 0.29) is 35.3 Å². The molecule has 1 N–H and O–H groups in total. The van der Waals surface area contributed by atoms with Gasteiger partial charge in [-0.15, -0.1) is 9.89 Å². The standard InChI is InChI=1S/C17H15N5O2.Na/c23-16(18-11-13-7-3-1-4-8-13)15-17(24)22(21-20-15)19-12-14-9-5-2-6-10-14;/h1-10,12,24H,11H2,(H,18,23);/q;+1/p-1. The van der Waals surface area contributed by atoms with E-state index in [1.165, 1.54) is 6.21 Å². The molecule has 2 aromatic carbocycles. The number of rotatable bonds is 5. The van der Waals surface area contributed by atoms with Crippen molar-refractivity contribution in [3.63, 3.8) is 0 Å². The molecule has 0 unspecified atom stereocenters. The molecule has 1 amide bonds. The van der Waals surface area contributed by atoms with E-state index in [2.05, 4.69) is 20.7 Å². The van der Waals surface area contributed by atoms with E-state index >= 15 is 0 Å². The van der Waals surface area contributed by atoms with Crippen molar-refractivity contribution in [2.45, 2.75) is 6.54 Å². The number of benzene rings is 2. The molecule has 1 heterocycles. The Morgan fingerprint density at radius 1 is 1.12 bits per heavy atom. The average molecular weight is 343 g/mol. The van der Waals surface area contributed by atoms with Gasteiger partial charge >= 0.3 is 29.6 Å². The zero-order valence-corrected chi connectivity index (χ0v) is 15.7. The summed E-state index contributed by atoms with van der Waals surface area (Å²) < 4.78 is 0. The summed E-state index contributed by atoms with van der Waals surface area (Å²) in [5.74, 6) is -1.24. The molecule has 0 saturated heterocycles. The monoisotopic (exact) mass is 343 g/mol. The van der Waals surface area contributed by atoms with Gasteiger partial charge in [0.25, 0.3) is 5.91 Å². The molecule has 0 spiro atoms. The number of carbonyl (C=O) groups excluding carboxylic acids is 1. The summed E-state index contributed by atoms with van der Waals surface area (Å²) in [6.07, 6.45) is 1.47. The van der Waals surface area contributed by atoms with Crippen molar-refractivity contribution in [3.8, 4) is 5.88 Å². The van der Waals surface area contributed by atoms with E-state index < -0.39 is 11.8 Å². The van der Waals surface area contributed by atoms with Gasteiger partial charge in [0.1, 0.15) is 0 Å². The maximum Gasteiger partial charge on any atom is 1.00 e. The molecule has 0 aliphatic carbocycles. The zero-order valence-electron chi connectivity index (χ0n) is 13.7. The van der Waals surface area contributed by atoms with E-state index in [0.717, 1.165) is 15.9 Å². The van der Waals surface area contributed by atoms with Crippen LogP contribution in [0.1, 0.15) is 21.6 Å². The Bertz CT molecular complexity index is 850. The van der Waals surface area contributed by atoms with Gasteiger partial charge in [-0.1, -0.05) is 60.7 Å². The number of aromatic nitrogens is 3. The molecule has 3 aromatic rings. The fraction of sp³-hybridized carbons (Fsp3) is 0.0588. The number of hydrogen-bond donors (Lipinski definition) is 1. The molecule has 1 aromatic heterocycles. The fourth-order valence-electron chi connectivity index (χ4n) is 2.01. The first-order valence-corrected chi connectivity index (χ1v) is 7.28.